The van der Waals surface area contributed by atoms with Crippen LogP contribution >= 0.6 is 0 Å². The Labute approximate surface area is 104 Å². The second-order valence-corrected chi connectivity index (χ2v) is 3.53. The van der Waals surface area contributed by atoms with E-state index in [4.69, 9.17) is 4.74 Å². The summed E-state index contributed by atoms with van der Waals surface area (Å²) in [6.07, 6.45) is 1.10. The monoisotopic (exact) mass is 275 g/mol. The average Bonchev–Trinajstić information content (AvgIpc) is 2.44. The van der Waals surface area contributed by atoms with Crippen molar-refractivity contribution in [3.8, 4) is 17.0 Å². The summed E-state index contributed by atoms with van der Waals surface area (Å²) in [7, 11) is 1.34. The van der Waals surface area contributed by atoms with Gasteiger partial charge in [0.1, 0.15) is 5.75 Å². The number of aromatic nitrogens is 1. The van der Waals surface area contributed by atoms with E-state index in [1.165, 1.54) is 13.2 Å². The summed E-state index contributed by atoms with van der Waals surface area (Å²) >= 11 is 0. The van der Waals surface area contributed by atoms with Crippen LogP contribution in [-0.2, 0) is 0 Å². The van der Waals surface area contributed by atoms with E-state index in [1.54, 1.807) is 0 Å². The summed E-state index contributed by atoms with van der Waals surface area (Å²) in [5, 5.41) is 0. The predicted octanol–water partition coefficient (Wildman–Crippen LogP) is 3.45. The lowest BCUT2D eigenvalue weighted by Gasteiger charge is -2.08. The second kappa shape index (κ2) is 4.83. The summed E-state index contributed by atoms with van der Waals surface area (Å²) in [5.74, 6) is -9.78. The molecule has 0 aliphatic carbocycles. The first-order valence-corrected chi connectivity index (χ1v) is 4.99. The molecule has 0 unspecified atom stereocenters. The van der Waals surface area contributed by atoms with E-state index in [9.17, 15) is 22.0 Å². The Morgan fingerprint density at radius 1 is 0.842 bits per heavy atom. The minimum Gasteiger partial charge on any atom is -0.495 e. The van der Waals surface area contributed by atoms with E-state index < -0.39 is 34.6 Å². The summed E-state index contributed by atoms with van der Waals surface area (Å²) < 4.78 is 70.6. The molecule has 2 rings (SSSR count). The third kappa shape index (κ3) is 2.11. The molecule has 1 heterocycles. The first-order chi connectivity index (χ1) is 8.97. The summed E-state index contributed by atoms with van der Waals surface area (Å²) in [4.78, 5) is 3.59. The Morgan fingerprint density at radius 2 is 1.37 bits per heavy atom. The van der Waals surface area contributed by atoms with Crippen LogP contribution in [0.4, 0.5) is 22.0 Å². The molecule has 0 saturated carbocycles. The molecule has 100 valence electrons. The Morgan fingerprint density at radius 3 is 1.79 bits per heavy atom. The Bertz CT molecular complexity index is 598. The number of rotatable bonds is 2. The quantitative estimate of drug-likeness (QED) is 0.476. The zero-order valence-electron chi connectivity index (χ0n) is 9.48. The SMILES string of the molecule is COc1ccc(-c2c(F)c(F)c(F)c(F)c2F)nc1. The topological polar surface area (TPSA) is 22.1 Å². The smallest absolute Gasteiger partial charge is 0.200 e. The molecule has 0 amide bonds. The molecule has 0 saturated heterocycles. The maximum atomic E-state index is 13.5. The fraction of sp³-hybridized carbons (Fsp3) is 0.0833. The van der Waals surface area contributed by atoms with Gasteiger partial charge in [0.2, 0.25) is 5.82 Å². The van der Waals surface area contributed by atoms with Gasteiger partial charge in [-0.15, -0.1) is 0 Å². The molecule has 1 aromatic carbocycles. The normalized spacial score (nSPS) is 10.6. The van der Waals surface area contributed by atoms with Crippen molar-refractivity contribution >= 4 is 0 Å². The van der Waals surface area contributed by atoms with Crippen molar-refractivity contribution in [3.05, 3.63) is 47.4 Å². The zero-order chi connectivity index (χ0) is 14.2. The van der Waals surface area contributed by atoms with Crippen molar-refractivity contribution in [2.75, 3.05) is 7.11 Å². The average molecular weight is 275 g/mol. The van der Waals surface area contributed by atoms with Gasteiger partial charge in [0.25, 0.3) is 0 Å². The molecule has 2 aromatic rings. The van der Waals surface area contributed by atoms with Crippen LogP contribution in [0.15, 0.2) is 18.3 Å². The number of methoxy groups -OCH3 is 1. The van der Waals surface area contributed by atoms with Gasteiger partial charge in [-0.05, 0) is 12.1 Å². The van der Waals surface area contributed by atoms with Crippen LogP contribution in [-0.4, -0.2) is 12.1 Å². The summed E-state index contributed by atoms with van der Waals surface area (Å²) in [6.45, 7) is 0. The Kier molecular flexibility index (Phi) is 3.37. The minimum atomic E-state index is -2.20. The number of benzene rings is 1. The highest BCUT2D eigenvalue weighted by Crippen LogP contribution is 2.30. The summed E-state index contributed by atoms with van der Waals surface area (Å²) in [6, 6.07) is 2.39. The highest BCUT2D eigenvalue weighted by atomic mass is 19.2. The fourth-order valence-corrected chi connectivity index (χ4v) is 1.48. The Hall–Kier alpha value is -2.18. The van der Waals surface area contributed by atoms with Crippen LogP contribution in [0.3, 0.4) is 0 Å². The van der Waals surface area contributed by atoms with Gasteiger partial charge >= 0.3 is 0 Å². The van der Waals surface area contributed by atoms with Gasteiger partial charge in [-0.1, -0.05) is 0 Å². The van der Waals surface area contributed by atoms with Gasteiger partial charge in [0, 0.05) is 0 Å². The second-order valence-electron chi connectivity index (χ2n) is 3.53. The molecule has 1 aromatic heterocycles. The van der Waals surface area contributed by atoms with Gasteiger partial charge in [0.05, 0.1) is 24.6 Å². The maximum Gasteiger partial charge on any atom is 0.200 e. The largest absolute Gasteiger partial charge is 0.495 e. The van der Waals surface area contributed by atoms with Crippen LogP contribution in [0.1, 0.15) is 0 Å². The van der Waals surface area contributed by atoms with E-state index in [0.717, 1.165) is 12.3 Å². The van der Waals surface area contributed by atoms with Crippen molar-refractivity contribution in [2.45, 2.75) is 0 Å². The van der Waals surface area contributed by atoms with E-state index in [1.807, 2.05) is 0 Å². The van der Waals surface area contributed by atoms with Gasteiger partial charge in [-0.2, -0.15) is 0 Å². The molecule has 7 heteroatoms. The standard InChI is InChI=1S/C12H6F5NO/c1-19-5-2-3-6(18-4-5)7-8(13)10(15)12(17)11(16)9(7)14/h2-4H,1H3. The van der Waals surface area contributed by atoms with Gasteiger partial charge in [-0.3, -0.25) is 4.98 Å². The van der Waals surface area contributed by atoms with E-state index in [2.05, 4.69) is 4.98 Å². The van der Waals surface area contributed by atoms with Gasteiger partial charge in [0.15, 0.2) is 23.3 Å². The van der Waals surface area contributed by atoms with Crippen LogP contribution < -0.4 is 4.74 Å². The number of ether oxygens (including phenoxy) is 1. The minimum absolute atomic E-state index is 0.285. The zero-order valence-corrected chi connectivity index (χ0v) is 9.48. The number of hydrogen-bond acceptors (Lipinski definition) is 2. The molecule has 0 aliphatic rings. The number of pyridine rings is 1. The first kappa shape index (κ1) is 13.3. The molecule has 0 atom stereocenters. The van der Waals surface area contributed by atoms with Crippen molar-refractivity contribution in [3.63, 3.8) is 0 Å². The maximum absolute atomic E-state index is 13.5. The third-order valence-electron chi connectivity index (χ3n) is 2.44. The lowest BCUT2D eigenvalue weighted by Crippen LogP contribution is -2.04. The Balaban J connectivity index is 2.67. The molecule has 0 bridgehead atoms. The van der Waals surface area contributed by atoms with Crippen molar-refractivity contribution in [1.29, 1.82) is 0 Å². The van der Waals surface area contributed by atoms with E-state index in [-0.39, 0.29) is 11.4 Å². The predicted molar refractivity (Wildman–Crippen MR) is 56.0 cm³/mol. The van der Waals surface area contributed by atoms with Gasteiger partial charge in [-0.25, -0.2) is 22.0 Å². The van der Waals surface area contributed by atoms with Crippen molar-refractivity contribution in [2.24, 2.45) is 0 Å². The first-order valence-electron chi connectivity index (χ1n) is 4.99. The van der Waals surface area contributed by atoms with Crippen LogP contribution in [0.2, 0.25) is 0 Å². The van der Waals surface area contributed by atoms with Crippen molar-refractivity contribution in [1.82, 2.24) is 4.98 Å². The number of nitrogens with zero attached hydrogens (tertiary/aromatic N) is 1. The lowest BCUT2D eigenvalue weighted by atomic mass is 10.1. The molecule has 0 fully saturated rings. The van der Waals surface area contributed by atoms with Crippen molar-refractivity contribution < 1.29 is 26.7 Å². The summed E-state index contributed by atoms with van der Waals surface area (Å²) in [5.41, 5.74) is -1.45. The molecule has 0 radical (unpaired) electrons. The fourth-order valence-electron chi connectivity index (χ4n) is 1.48. The van der Waals surface area contributed by atoms with E-state index in [0.29, 0.717) is 0 Å². The lowest BCUT2D eigenvalue weighted by molar-refractivity contribution is 0.381. The highest BCUT2D eigenvalue weighted by Gasteiger charge is 2.27. The van der Waals surface area contributed by atoms with Crippen LogP contribution in [0.25, 0.3) is 11.3 Å². The number of hydrogen-bond donors (Lipinski definition) is 0. The molecular weight excluding hydrogens is 269 g/mol. The third-order valence-corrected chi connectivity index (χ3v) is 2.44. The van der Waals surface area contributed by atoms with E-state index >= 15 is 0 Å². The molecule has 0 aliphatic heterocycles. The molecular formula is C12H6F5NO. The molecule has 2 nitrogen and oxygen atoms in total. The van der Waals surface area contributed by atoms with Gasteiger partial charge < -0.3 is 4.74 Å². The van der Waals surface area contributed by atoms with Crippen LogP contribution in [0.5, 0.6) is 5.75 Å². The molecule has 0 N–H and O–H groups in total. The molecule has 0 spiro atoms. The highest BCUT2D eigenvalue weighted by molar-refractivity contribution is 5.61. The van der Waals surface area contributed by atoms with Crippen LogP contribution in [0, 0.1) is 29.1 Å². The molecule has 19 heavy (non-hydrogen) atoms. The number of halogens is 5.